The number of benzene rings is 3. The molecule has 0 saturated heterocycles. The number of nitrogens with zero attached hydrogens (tertiary/aromatic N) is 3. The van der Waals surface area contributed by atoms with Crippen molar-refractivity contribution in [3.8, 4) is 22.8 Å². The van der Waals surface area contributed by atoms with E-state index in [0.29, 0.717) is 5.75 Å². The van der Waals surface area contributed by atoms with E-state index < -0.39 is 0 Å². The monoisotopic (exact) mass is 391 g/mol. The Hall–Kier alpha value is -3.12. The van der Waals surface area contributed by atoms with Crippen LogP contribution in [0, 0.1) is 5.82 Å². The highest BCUT2D eigenvalue weighted by molar-refractivity contribution is 7.98. The molecule has 28 heavy (non-hydrogen) atoms. The summed E-state index contributed by atoms with van der Waals surface area (Å²) in [5, 5.41) is 9.58. The number of rotatable bonds is 6. The van der Waals surface area contributed by atoms with Crippen LogP contribution in [0.4, 0.5) is 4.39 Å². The zero-order valence-corrected chi connectivity index (χ0v) is 16.1. The van der Waals surface area contributed by atoms with Crippen molar-refractivity contribution in [2.24, 2.45) is 0 Å². The Morgan fingerprint density at radius 3 is 2.43 bits per heavy atom. The molecule has 4 aromatic rings. The summed E-state index contributed by atoms with van der Waals surface area (Å²) in [7, 11) is 1.64. The fraction of sp³-hybridized carbons (Fsp3) is 0.0909. The number of hydrogen-bond acceptors (Lipinski definition) is 4. The molecule has 0 radical (unpaired) electrons. The van der Waals surface area contributed by atoms with E-state index in [4.69, 9.17) is 4.74 Å². The number of aromatic nitrogens is 3. The second-order valence-corrected chi connectivity index (χ2v) is 7.07. The fourth-order valence-electron chi connectivity index (χ4n) is 2.87. The molecule has 0 atom stereocenters. The van der Waals surface area contributed by atoms with Gasteiger partial charge in [-0.15, -0.1) is 10.2 Å². The van der Waals surface area contributed by atoms with Crippen LogP contribution in [-0.2, 0) is 5.75 Å². The van der Waals surface area contributed by atoms with Gasteiger partial charge in [0, 0.05) is 17.0 Å². The predicted octanol–water partition coefficient (Wildman–Crippen LogP) is 5.37. The van der Waals surface area contributed by atoms with Gasteiger partial charge >= 0.3 is 0 Å². The zero-order valence-electron chi connectivity index (χ0n) is 15.2. The van der Waals surface area contributed by atoms with Crippen LogP contribution in [0.15, 0.2) is 84.0 Å². The number of hydrogen-bond donors (Lipinski definition) is 0. The van der Waals surface area contributed by atoms with E-state index in [0.717, 1.165) is 33.5 Å². The molecule has 0 saturated carbocycles. The topological polar surface area (TPSA) is 39.9 Å². The Morgan fingerprint density at radius 2 is 1.71 bits per heavy atom. The summed E-state index contributed by atoms with van der Waals surface area (Å²) in [5.74, 6) is 1.90. The maximum Gasteiger partial charge on any atom is 0.196 e. The molecule has 0 amide bonds. The van der Waals surface area contributed by atoms with Crippen LogP contribution in [0.5, 0.6) is 5.75 Å². The van der Waals surface area contributed by atoms with Gasteiger partial charge in [-0.3, -0.25) is 4.57 Å². The Morgan fingerprint density at radius 1 is 0.929 bits per heavy atom. The molecule has 0 fully saturated rings. The SMILES string of the molecule is COc1ccc(-c2nnc(SCc3cccc(F)c3)n2-c2ccccc2)cc1. The van der Waals surface area contributed by atoms with Crippen molar-refractivity contribution in [1.29, 1.82) is 0 Å². The minimum Gasteiger partial charge on any atom is -0.497 e. The van der Waals surface area contributed by atoms with Gasteiger partial charge in [0.25, 0.3) is 0 Å². The van der Waals surface area contributed by atoms with E-state index in [1.165, 1.54) is 17.8 Å². The summed E-state index contributed by atoms with van der Waals surface area (Å²) >= 11 is 1.52. The van der Waals surface area contributed by atoms with Crippen LogP contribution >= 0.6 is 11.8 Å². The molecule has 1 aromatic heterocycles. The lowest BCUT2D eigenvalue weighted by molar-refractivity contribution is 0.415. The van der Waals surface area contributed by atoms with Crippen LogP contribution in [0.1, 0.15) is 5.56 Å². The molecule has 6 heteroatoms. The molecule has 0 aliphatic carbocycles. The van der Waals surface area contributed by atoms with Crippen LogP contribution in [0.3, 0.4) is 0 Å². The number of ether oxygens (including phenoxy) is 1. The predicted molar refractivity (Wildman–Crippen MR) is 109 cm³/mol. The molecule has 4 nitrogen and oxygen atoms in total. The molecular formula is C22H18FN3OS. The van der Waals surface area contributed by atoms with Gasteiger partial charge < -0.3 is 4.74 Å². The Bertz CT molecular complexity index is 1060. The normalized spacial score (nSPS) is 10.8. The van der Waals surface area contributed by atoms with Crippen LogP contribution in [0.2, 0.25) is 0 Å². The smallest absolute Gasteiger partial charge is 0.196 e. The lowest BCUT2D eigenvalue weighted by atomic mass is 10.2. The average Bonchev–Trinajstić information content (AvgIpc) is 3.17. The molecule has 0 aliphatic heterocycles. The van der Waals surface area contributed by atoms with Crippen LogP contribution in [-0.4, -0.2) is 21.9 Å². The van der Waals surface area contributed by atoms with Gasteiger partial charge in [0.2, 0.25) is 0 Å². The minimum absolute atomic E-state index is 0.235. The van der Waals surface area contributed by atoms with Gasteiger partial charge in [0.05, 0.1) is 7.11 Å². The number of thioether (sulfide) groups is 1. The molecule has 140 valence electrons. The third-order valence-corrected chi connectivity index (χ3v) is 5.25. The number of halogens is 1. The molecule has 0 spiro atoms. The van der Waals surface area contributed by atoms with Crippen molar-refractivity contribution in [2.45, 2.75) is 10.9 Å². The maximum atomic E-state index is 13.5. The van der Waals surface area contributed by atoms with Crippen molar-refractivity contribution in [1.82, 2.24) is 14.8 Å². The van der Waals surface area contributed by atoms with Gasteiger partial charge in [-0.05, 0) is 54.1 Å². The van der Waals surface area contributed by atoms with E-state index >= 15 is 0 Å². The molecule has 4 rings (SSSR count). The molecule has 0 unspecified atom stereocenters. The standard InChI is InChI=1S/C22H18FN3OS/c1-27-20-12-10-17(11-13-20)21-24-25-22(26(21)19-8-3-2-4-9-19)28-15-16-6-5-7-18(23)14-16/h2-14H,15H2,1H3. The summed E-state index contributed by atoms with van der Waals surface area (Å²) in [5.41, 5.74) is 2.81. The maximum absolute atomic E-state index is 13.5. The Balaban J connectivity index is 1.71. The third kappa shape index (κ3) is 3.92. The number of methoxy groups -OCH3 is 1. The highest BCUT2D eigenvalue weighted by Gasteiger charge is 2.16. The van der Waals surface area contributed by atoms with E-state index in [9.17, 15) is 4.39 Å². The lowest BCUT2D eigenvalue weighted by Gasteiger charge is -2.11. The van der Waals surface area contributed by atoms with Gasteiger partial charge in [0.15, 0.2) is 11.0 Å². The first-order chi connectivity index (χ1) is 13.7. The van der Waals surface area contributed by atoms with Gasteiger partial charge in [-0.2, -0.15) is 0 Å². The first kappa shape index (κ1) is 18.3. The zero-order chi connectivity index (χ0) is 19.3. The van der Waals surface area contributed by atoms with Gasteiger partial charge in [-0.1, -0.05) is 42.1 Å². The fourth-order valence-corrected chi connectivity index (χ4v) is 3.77. The first-order valence-corrected chi connectivity index (χ1v) is 9.75. The van der Waals surface area contributed by atoms with Crippen LogP contribution < -0.4 is 4.74 Å². The highest BCUT2D eigenvalue weighted by Crippen LogP contribution is 2.30. The second-order valence-electron chi connectivity index (χ2n) is 6.12. The Kier molecular flexibility index (Phi) is 5.39. The van der Waals surface area contributed by atoms with Gasteiger partial charge in [-0.25, -0.2) is 4.39 Å². The third-order valence-electron chi connectivity index (χ3n) is 4.25. The molecule has 0 bridgehead atoms. The summed E-state index contributed by atoms with van der Waals surface area (Å²) < 4.78 is 20.7. The summed E-state index contributed by atoms with van der Waals surface area (Å²) in [6, 6.07) is 24.3. The highest BCUT2D eigenvalue weighted by atomic mass is 32.2. The van der Waals surface area contributed by atoms with Crippen molar-refractivity contribution in [3.63, 3.8) is 0 Å². The molecular weight excluding hydrogens is 373 g/mol. The molecule has 1 heterocycles. The second kappa shape index (κ2) is 8.27. The van der Waals surface area contributed by atoms with Crippen molar-refractivity contribution >= 4 is 11.8 Å². The summed E-state index contributed by atoms with van der Waals surface area (Å²) in [6.45, 7) is 0. The molecule has 3 aromatic carbocycles. The van der Waals surface area contributed by atoms with Crippen molar-refractivity contribution in [2.75, 3.05) is 7.11 Å². The Labute approximate surface area is 167 Å². The van der Waals surface area contributed by atoms with E-state index in [1.54, 1.807) is 19.2 Å². The van der Waals surface area contributed by atoms with Crippen molar-refractivity contribution in [3.05, 3.63) is 90.2 Å². The number of para-hydroxylation sites is 1. The largest absolute Gasteiger partial charge is 0.497 e. The van der Waals surface area contributed by atoms with E-state index in [1.807, 2.05) is 65.2 Å². The van der Waals surface area contributed by atoms with E-state index in [2.05, 4.69) is 10.2 Å². The van der Waals surface area contributed by atoms with Gasteiger partial charge in [0.1, 0.15) is 11.6 Å². The lowest BCUT2D eigenvalue weighted by Crippen LogP contribution is -1.99. The summed E-state index contributed by atoms with van der Waals surface area (Å²) in [6.07, 6.45) is 0. The molecule has 0 aliphatic rings. The summed E-state index contributed by atoms with van der Waals surface area (Å²) in [4.78, 5) is 0. The average molecular weight is 391 g/mol. The van der Waals surface area contributed by atoms with E-state index in [-0.39, 0.29) is 5.82 Å². The quantitative estimate of drug-likeness (QED) is 0.414. The first-order valence-electron chi connectivity index (χ1n) is 8.77. The minimum atomic E-state index is -0.235. The molecule has 0 N–H and O–H groups in total. The van der Waals surface area contributed by atoms with Crippen LogP contribution in [0.25, 0.3) is 17.1 Å². The van der Waals surface area contributed by atoms with Crippen molar-refractivity contribution < 1.29 is 9.13 Å².